The highest BCUT2D eigenvalue weighted by Gasteiger charge is 2.41. The number of piperazine rings is 1. The van der Waals surface area contributed by atoms with Crippen LogP contribution in [0.25, 0.3) is 0 Å². The first kappa shape index (κ1) is 20.4. The van der Waals surface area contributed by atoms with Gasteiger partial charge in [0.1, 0.15) is 6.04 Å². The fourth-order valence-electron chi connectivity index (χ4n) is 3.51. The van der Waals surface area contributed by atoms with Crippen LogP contribution in [0.2, 0.25) is 0 Å². The van der Waals surface area contributed by atoms with Crippen molar-refractivity contribution in [3.63, 3.8) is 0 Å². The van der Waals surface area contributed by atoms with E-state index in [2.05, 4.69) is 9.97 Å². The molecular weight excluding hydrogens is 372 g/mol. The van der Waals surface area contributed by atoms with Gasteiger partial charge >= 0.3 is 5.97 Å². The van der Waals surface area contributed by atoms with Gasteiger partial charge < -0.3 is 14.5 Å². The zero-order valence-electron chi connectivity index (χ0n) is 17.0. The molecule has 0 aromatic carbocycles. The summed E-state index contributed by atoms with van der Waals surface area (Å²) in [4.78, 5) is 49.9. The Kier molecular flexibility index (Phi) is 5.91. The van der Waals surface area contributed by atoms with Crippen LogP contribution in [-0.2, 0) is 9.53 Å². The number of nitrogens with zero attached hydrogens (tertiary/aromatic N) is 4. The molecule has 1 aliphatic rings. The molecule has 8 heteroatoms. The van der Waals surface area contributed by atoms with E-state index >= 15 is 0 Å². The molecule has 0 N–H and O–H groups in total. The van der Waals surface area contributed by atoms with Crippen molar-refractivity contribution in [1.82, 2.24) is 19.8 Å². The van der Waals surface area contributed by atoms with Crippen molar-refractivity contribution in [3.05, 3.63) is 59.2 Å². The van der Waals surface area contributed by atoms with Crippen LogP contribution in [0.4, 0.5) is 0 Å². The fourth-order valence-corrected chi connectivity index (χ4v) is 3.51. The van der Waals surface area contributed by atoms with Crippen molar-refractivity contribution in [1.29, 1.82) is 0 Å². The monoisotopic (exact) mass is 396 g/mol. The highest BCUT2D eigenvalue weighted by atomic mass is 16.5. The second-order valence-corrected chi connectivity index (χ2v) is 7.18. The van der Waals surface area contributed by atoms with Gasteiger partial charge in [-0.15, -0.1) is 0 Å². The number of ether oxygens (including phenoxy) is 1. The van der Waals surface area contributed by atoms with Gasteiger partial charge in [-0.1, -0.05) is 0 Å². The normalized spacial score (nSPS) is 19.0. The number of hydrogen-bond donors (Lipinski definition) is 0. The number of aromatic nitrogens is 2. The van der Waals surface area contributed by atoms with Crippen molar-refractivity contribution in [2.75, 3.05) is 20.2 Å². The van der Waals surface area contributed by atoms with E-state index in [4.69, 9.17) is 4.74 Å². The lowest BCUT2D eigenvalue weighted by Gasteiger charge is -2.44. The molecule has 1 fully saturated rings. The van der Waals surface area contributed by atoms with Crippen LogP contribution < -0.4 is 0 Å². The zero-order valence-corrected chi connectivity index (χ0v) is 17.0. The van der Waals surface area contributed by atoms with Gasteiger partial charge in [0.15, 0.2) is 0 Å². The van der Waals surface area contributed by atoms with Gasteiger partial charge in [-0.25, -0.2) is 4.79 Å². The van der Waals surface area contributed by atoms with E-state index in [1.165, 1.54) is 24.4 Å². The van der Waals surface area contributed by atoms with Crippen LogP contribution in [0, 0.1) is 13.8 Å². The minimum Gasteiger partial charge on any atom is -0.467 e. The quantitative estimate of drug-likeness (QED) is 0.732. The molecule has 0 spiro atoms. The summed E-state index contributed by atoms with van der Waals surface area (Å²) in [5, 5.41) is 0. The van der Waals surface area contributed by atoms with Crippen LogP contribution in [0.5, 0.6) is 0 Å². The predicted molar refractivity (Wildman–Crippen MR) is 105 cm³/mol. The summed E-state index contributed by atoms with van der Waals surface area (Å²) in [6, 6.07) is 2.32. The molecular formula is C21H24N4O4. The Morgan fingerprint density at radius 1 is 0.931 bits per heavy atom. The number of methoxy groups -OCH3 is 1. The summed E-state index contributed by atoms with van der Waals surface area (Å²) < 4.78 is 4.93. The van der Waals surface area contributed by atoms with Gasteiger partial charge in [-0.05, 0) is 44.0 Å². The predicted octanol–water partition coefficient (Wildman–Crippen LogP) is 1.62. The molecule has 29 heavy (non-hydrogen) atoms. The second-order valence-electron chi connectivity index (χ2n) is 7.18. The number of rotatable bonds is 3. The van der Waals surface area contributed by atoms with E-state index in [-0.39, 0.29) is 30.9 Å². The van der Waals surface area contributed by atoms with Gasteiger partial charge in [0.05, 0.1) is 24.8 Å². The molecule has 2 aromatic heterocycles. The lowest BCUT2D eigenvalue weighted by Crippen LogP contribution is -2.63. The molecule has 1 saturated heterocycles. The molecule has 0 aliphatic carbocycles. The van der Waals surface area contributed by atoms with E-state index in [0.717, 1.165) is 11.1 Å². The Morgan fingerprint density at radius 3 is 1.93 bits per heavy atom. The maximum Gasteiger partial charge on any atom is 0.330 e. The Hall–Kier alpha value is -3.29. The van der Waals surface area contributed by atoms with Crippen LogP contribution in [0.1, 0.15) is 38.8 Å². The lowest BCUT2D eigenvalue weighted by atomic mass is 10.0. The van der Waals surface area contributed by atoms with Crippen molar-refractivity contribution in [2.45, 2.75) is 32.9 Å². The first-order valence-electron chi connectivity index (χ1n) is 9.36. The third-order valence-electron chi connectivity index (χ3n) is 5.27. The number of carbonyl (C=O) groups is 3. The van der Waals surface area contributed by atoms with Crippen molar-refractivity contribution >= 4 is 17.8 Å². The minimum atomic E-state index is -0.899. The van der Waals surface area contributed by atoms with E-state index in [9.17, 15) is 14.4 Å². The largest absolute Gasteiger partial charge is 0.467 e. The lowest BCUT2D eigenvalue weighted by molar-refractivity contribution is -0.148. The molecule has 2 amide bonds. The van der Waals surface area contributed by atoms with E-state index in [1.807, 2.05) is 20.8 Å². The average Bonchev–Trinajstić information content (AvgIpc) is 2.72. The van der Waals surface area contributed by atoms with Crippen LogP contribution >= 0.6 is 0 Å². The first-order chi connectivity index (χ1) is 13.8. The highest BCUT2D eigenvalue weighted by Crippen LogP contribution is 2.23. The SMILES string of the molecule is COC(=O)C1CN(C(=O)c2cnccc2C)C(C)CN1C(=O)c1cnccc1C. The summed E-state index contributed by atoms with van der Waals surface area (Å²) in [6.45, 7) is 5.76. The number of pyridine rings is 2. The Labute approximate surface area is 169 Å². The Morgan fingerprint density at radius 2 is 1.45 bits per heavy atom. The molecule has 152 valence electrons. The molecule has 3 rings (SSSR count). The number of esters is 1. The smallest absolute Gasteiger partial charge is 0.330 e. The molecule has 2 aromatic rings. The molecule has 2 atom stereocenters. The zero-order chi connectivity index (χ0) is 21.1. The number of aryl methyl sites for hydroxylation is 2. The molecule has 0 radical (unpaired) electrons. The summed E-state index contributed by atoms with van der Waals surface area (Å²) in [7, 11) is 1.27. The summed E-state index contributed by atoms with van der Waals surface area (Å²) >= 11 is 0. The first-order valence-corrected chi connectivity index (χ1v) is 9.36. The average molecular weight is 396 g/mol. The molecule has 0 saturated carbocycles. The standard InChI is InChI=1S/C21H24N4O4/c1-13-5-7-22-9-16(13)19(26)24-12-18(21(28)29-4)25(11-15(24)3)20(27)17-10-23-8-6-14(17)2/h5-10,15,18H,11-12H2,1-4H3. The van der Waals surface area contributed by atoms with E-state index in [1.54, 1.807) is 29.4 Å². The van der Waals surface area contributed by atoms with Gasteiger partial charge in [0.2, 0.25) is 0 Å². The van der Waals surface area contributed by atoms with Crippen LogP contribution in [0.3, 0.4) is 0 Å². The van der Waals surface area contributed by atoms with Gasteiger partial charge in [0, 0.05) is 37.4 Å². The molecule has 8 nitrogen and oxygen atoms in total. The van der Waals surface area contributed by atoms with Crippen molar-refractivity contribution in [2.24, 2.45) is 0 Å². The summed E-state index contributed by atoms with van der Waals surface area (Å²) in [5.74, 6) is -1.09. The molecule has 0 bridgehead atoms. The van der Waals surface area contributed by atoms with Gasteiger partial charge in [0.25, 0.3) is 11.8 Å². The second kappa shape index (κ2) is 8.38. The Bertz CT molecular complexity index is 946. The fraction of sp³-hybridized carbons (Fsp3) is 0.381. The molecule has 1 aliphatic heterocycles. The van der Waals surface area contributed by atoms with Gasteiger partial charge in [-0.3, -0.25) is 19.6 Å². The number of amides is 2. The number of hydrogen-bond acceptors (Lipinski definition) is 6. The third kappa shape index (κ3) is 3.96. The highest BCUT2D eigenvalue weighted by molar-refractivity contribution is 5.99. The Balaban J connectivity index is 1.92. The van der Waals surface area contributed by atoms with Crippen LogP contribution in [-0.4, -0.2) is 69.8 Å². The van der Waals surface area contributed by atoms with E-state index in [0.29, 0.717) is 11.1 Å². The third-order valence-corrected chi connectivity index (χ3v) is 5.27. The summed E-state index contributed by atoms with van der Waals surface area (Å²) in [6.07, 6.45) is 6.25. The maximum absolute atomic E-state index is 13.2. The maximum atomic E-state index is 13.2. The van der Waals surface area contributed by atoms with Crippen LogP contribution in [0.15, 0.2) is 36.9 Å². The minimum absolute atomic E-state index is 0.0477. The van der Waals surface area contributed by atoms with E-state index < -0.39 is 12.0 Å². The van der Waals surface area contributed by atoms with Crippen molar-refractivity contribution in [3.8, 4) is 0 Å². The topological polar surface area (TPSA) is 92.7 Å². The molecule has 2 unspecified atom stereocenters. The van der Waals surface area contributed by atoms with Crippen molar-refractivity contribution < 1.29 is 19.1 Å². The van der Waals surface area contributed by atoms with Gasteiger partial charge in [-0.2, -0.15) is 0 Å². The summed E-state index contributed by atoms with van der Waals surface area (Å²) in [5.41, 5.74) is 2.48. The number of carbonyl (C=O) groups excluding carboxylic acids is 3. The molecule has 3 heterocycles.